The normalized spacial score (nSPS) is 20.2. The minimum absolute atomic E-state index is 0.274. The van der Waals surface area contributed by atoms with Gasteiger partial charge in [-0.2, -0.15) is 4.98 Å². The lowest BCUT2D eigenvalue weighted by atomic mass is 9.76. The number of hydrogen-bond donors (Lipinski definition) is 1. The quantitative estimate of drug-likeness (QED) is 0.856. The van der Waals surface area contributed by atoms with Crippen molar-refractivity contribution >= 4 is 5.95 Å². The van der Waals surface area contributed by atoms with Gasteiger partial charge in [-0.25, -0.2) is 4.98 Å². The van der Waals surface area contributed by atoms with Crippen LogP contribution in [0.5, 0.6) is 5.88 Å². The summed E-state index contributed by atoms with van der Waals surface area (Å²) in [5, 5.41) is 0. The van der Waals surface area contributed by atoms with Crippen LogP contribution >= 0.6 is 0 Å². The van der Waals surface area contributed by atoms with Crippen LogP contribution in [0.4, 0.5) is 5.95 Å². The lowest BCUT2D eigenvalue weighted by molar-refractivity contribution is 0.0943. The highest BCUT2D eigenvalue weighted by molar-refractivity contribution is 5.28. The summed E-state index contributed by atoms with van der Waals surface area (Å²) in [6, 6.07) is 0. The standard InChI is InChI=1S/C13H21N3O/c1-9-8-15-12(14)16-11(9)17-10-4-6-13(2,3)7-5-10/h8,10H,4-7H2,1-3H3,(H2,14,15,16). The number of hydrogen-bond acceptors (Lipinski definition) is 4. The molecule has 94 valence electrons. The fourth-order valence-electron chi connectivity index (χ4n) is 2.21. The molecule has 1 heterocycles. The van der Waals surface area contributed by atoms with Gasteiger partial charge in [0.2, 0.25) is 11.8 Å². The molecule has 1 aliphatic rings. The Bertz CT molecular complexity index is 394. The average Bonchev–Trinajstić information content (AvgIpc) is 2.26. The third kappa shape index (κ3) is 3.08. The number of aryl methyl sites for hydroxylation is 1. The Morgan fingerprint density at radius 1 is 1.35 bits per heavy atom. The molecule has 4 nitrogen and oxygen atoms in total. The molecule has 2 N–H and O–H groups in total. The first-order valence-corrected chi connectivity index (χ1v) is 6.22. The van der Waals surface area contributed by atoms with Gasteiger partial charge in [0.05, 0.1) is 0 Å². The molecule has 0 aromatic carbocycles. The van der Waals surface area contributed by atoms with Crippen molar-refractivity contribution in [1.29, 1.82) is 0 Å². The van der Waals surface area contributed by atoms with E-state index in [2.05, 4.69) is 23.8 Å². The fraction of sp³-hybridized carbons (Fsp3) is 0.692. The molecule has 0 aliphatic heterocycles. The molecule has 1 saturated carbocycles. The topological polar surface area (TPSA) is 61.0 Å². The molecule has 1 aliphatic carbocycles. The van der Waals surface area contributed by atoms with Gasteiger partial charge >= 0.3 is 0 Å². The van der Waals surface area contributed by atoms with E-state index < -0.39 is 0 Å². The second kappa shape index (κ2) is 4.51. The summed E-state index contributed by atoms with van der Waals surface area (Å²) in [7, 11) is 0. The van der Waals surface area contributed by atoms with Gasteiger partial charge < -0.3 is 10.5 Å². The third-order valence-corrected chi connectivity index (χ3v) is 3.51. The second-order valence-electron chi connectivity index (χ2n) is 5.70. The summed E-state index contributed by atoms with van der Waals surface area (Å²) in [5.74, 6) is 0.920. The van der Waals surface area contributed by atoms with Crippen LogP contribution < -0.4 is 10.5 Å². The highest BCUT2D eigenvalue weighted by atomic mass is 16.5. The third-order valence-electron chi connectivity index (χ3n) is 3.51. The van der Waals surface area contributed by atoms with Crippen LogP contribution in [0, 0.1) is 12.3 Å². The van der Waals surface area contributed by atoms with E-state index in [0.29, 0.717) is 11.3 Å². The van der Waals surface area contributed by atoms with Gasteiger partial charge in [0, 0.05) is 11.8 Å². The van der Waals surface area contributed by atoms with Gasteiger partial charge in [-0.05, 0) is 38.0 Å². The minimum atomic E-state index is 0.274. The van der Waals surface area contributed by atoms with Gasteiger partial charge in [-0.1, -0.05) is 13.8 Å². The molecule has 0 amide bonds. The second-order valence-corrected chi connectivity index (χ2v) is 5.70. The van der Waals surface area contributed by atoms with Crippen molar-refractivity contribution in [3.8, 4) is 5.88 Å². The van der Waals surface area contributed by atoms with Gasteiger partial charge in [0.25, 0.3) is 0 Å². The van der Waals surface area contributed by atoms with Crippen LogP contribution in [-0.2, 0) is 0 Å². The van der Waals surface area contributed by atoms with Crippen molar-refractivity contribution in [2.24, 2.45) is 5.41 Å². The van der Waals surface area contributed by atoms with Crippen LogP contribution in [0.3, 0.4) is 0 Å². The van der Waals surface area contributed by atoms with E-state index in [9.17, 15) is 0 Å². The highest BCUT2D eigenvalue weighted by Crippen LogP contribution is 2.36. The molecule has 1 aromatic heterocycles. The number of nitrogens with zero attached hydrogens (tertiary/aromatic N) is 2. The number of nitrogen functional groups attached to an aromatic ring is 1. The predicted molar refractivity (Wildman–Crippen MR) is 67.8 cm³/mol. The maximum Gasteiger partial charge on any atom is 0.223 e. The first-order valence-electron chi connectivity index (χ1n) is 6.22. The number of ether oxygens (including phenoxy) is 1. The molecule has 0 saturated heterocycles. The van der Waals surface area contributed by atoms with Crippen LogP contribution in [0.1, 0.15) is 45.1 Å². The van der Waals surface area contributed by atoms with Crippen molar-refractivity contribution in [2.75, 3.05) is 5.73 Å². The Hall–Kier alpha value is -1.32. The van der Waals surface area contributed by atoms with E-state index in [1.54, 1.807) is 6.20 Å². The van der Waals surface area contributed by atoms with E-state index in [0.717, 1.165) is 18.4 Å². The van der Waals surface area contributed by atoms with Crippen LogP contribution in [-0.4, -0.2) is 16.1 Å². The summed E-state index contributed by atoms with van der Waals surface area (Å²) >= 11 is 0. The molecule has 1 fully saturated rings. The van der Waals surface area contributed by atoms with E-state index in [-0.39, 0.29) is 12.1 Å². The summed E-state index contributed by atoms with van der Waals surface area (Å²) in [5.41, 5.74) is 6.98. The Labute approximate surface area is 103 Å². The Morgan fingerprint density at radius 2 is 2.00 bits per heavy atom. The first kappa shape index (κ1) is 12.1. The number of aromatic nitrogens is 2. The van der Waals surface area contributed by atoms with Crippen molar-refractivity contribution in [3.63, 3.8) is 0 Å². The molecular formula is C13H21N3O. The first-order chi connectivity index (χ1) is 7.96. The zero-order valence-corrected chi connectivity index (χ0v) is 10.9. The Balaban J connectivity index is 2.00. The molecule has 0 radical (unpaired) electrons. The lowest BCUT2D eigenvalue weighted by Crippen LogP contribution is -2.28. The van der Waals surface area contributed by atoms with E-state index >= 15 is 0 Å². The zero-order valence-electron chi connectivity index (χ0n) is 10.9. The lowest BCUT2D eigenvalue weighted by Gasteiger charge is -2.34. The molecule has 0 spiro atoms. The molecule has 0 unspecified atom stereocenters. The molecule has 4 heteroatoms. The van der Waals surface area contributed by atoms with E-state index in [1.165, 1.54) is 12.8 Å². The smallest absolute Gasteiger partial charge is 0.223 e. The Morgan fingerprint density at radius 3 is 2.65 bits per heavy atom. The maximum absolute atomic E-state index is 5.93. The largest absolute Gasteiger partial charge is 0.474 e. The average molecular weight is 235 g/mol. The number of rotatable bonds is 2. The monoisotopic (exact) mass is 235 g/mol. The van der Waals surface area contributed by atoms with Crippen LogP contribution in [0.15, 0.2) is 6.20 Å². The van der Waals surface area contributed by atoms with Gasteiger partial charge in [-0.15, -0.1) is 0 Å². The number of anilines is 1. The van der Waals surface area contributed by atoms with E-state index in [4.69, 9.17) is 10.5 Å². The zero-order chi connectivity index (χ0) is 12.5. The maximum atomic E-state index is 5.93. The van der Waals surface area contributed by atoms with Crippen molar-refractivity contribution in [2.45, 2.75) is 52.6 Å². The van der Waals surface area contributed by atoms with Crippen LogP contribution in [0.2, 0.25) is 0 Å². The summed E-state index contributed by atoms with van der Waals surface area (Å²) in [4.78, 5) is 8.09. The van der Waals surface area contributed by atoms with Crippen LogP contribution in [0.25, 0.3) is 0 Å². The minimum Gasteiger partial charge on any atom is -0.474 e. The molecule has 17 heavy (non-hydrogen) atoms. The molecule has 0 bridgehead atoms. The predicted octanol–water partition coefficient (Wildman–Crippen LogP) is 2.71. The SMILES string of the molecule is Cc1cnc(N)nc1OC1CCC(C)(C)CC1. The fourth-order valence-corrected chi connectivity index (χ4v) is 2.21. The van der Waals surface area contributed by atoms with Crippen molar-refractivity contribution in [1.82, 2.24) is 9.97 Å². The summed E-state index contributed by atoms with van der Waals surface area (Å²) in [6.07, 6.45) is 6.59. The summed E-state index contributed by atoms with van der Waals surface area (Å²) in [6.45, 7) is 6.58. The highest BCUT2D eigenvalue weighted by Gasteiger charge is 2.28. The summed E-state index contributed by atoms with van der Waals surface area (Å²) < 4.78 is 5.93. The molecular weight excluding hydrogens is 214 g/mol. The molecule has 2 rings (SSSR count). The molecule has 0 atom stereocenters. The van der Waals surface area contributed by atoms with Gasteiger partial charge in [0.1, 0.15) is 6.10 Å². The number of nitrogens with two attached hydrogens (primary N) is 1. The van der Waals surface area contributed by atoms with Gasteiger partial charge in [0.15, 0.2) is 0 Å². The molecule has 1 aromatic rings. The van der Waals surface area contributed by atoms with Gasteiger partial charge in [-0.3, -0.25) is 0 Å². The van der Waals surface area contributed by atoms with Crippen molar-refractivity contribution in [3.05, 3.63) is 11.8 Å². The van der Waals surface area contributed by atoms with E-state index in [1.807, 2.05) is 6.92 Å². The Kier molecular flexibility index (Phi) is 3.22. The van der Waals surface area contributed by atoms with Crippen molar-refractivity contribution < 1.29 is 4.74 Å².